The Balaban J connectivity index is 2.20. The molecule has 0 aliphatic heterocycles. The van der Waals surface area contributed by atoms with Crippen molar-refractivity contribution < 1.29 is 9.15 Å². The van der Waals surface area contributed by atoms with E-state index in [0.29, 0.717) is 6.61 Å². The molecule has 0 atom stereocenters. The van der Waals surface area contributed by atoms with Crippen molar-refractivity contribution in [2.75, 3.05) is 19.7 Å². The maximum absolute atomic E-state index is 5.53. The Labute approximate surface area is 102 Å². The summed E-state index contributed by atoms with van der Waals surface area (Å²) < 4.78 is 11.0. The third kappa shape index (κ3) is 2.80. The molecule has 1 heterocycles. The number of fused-ring (bicyclic) bond motifs is 1. The van der Waals surface area contributed by atoms with Crippen LogP contribution in [0.4, 0.5) is 0 Å². The fourth-order valence-electron chi connectivity index (χ4n) is 1.91. The van der Waals surface area contributed by atoms with Crippen molar-refractivity contribution in [3.05, 3.63) is 30.0 Å². The van der Waals surface area contributed by atoms with Gasteiger partial charge in [0, 0.05) is 5.39 Å². The largest absolute Gasteiger partial charge is 0.494 e. The first-order valence-corrected chi connectivity index (χ1v) is 6.18. The maximum atomic E-state index is 5.53. The van der Waals surface area contributed by atoms with Gasteiger partial charge in [-0.1, -0.05) is 6.92 Å². The Morgan fingerprint density at radius 2 is 2.18 bits per heavy atom. The second-order valence-corrected chi connectivity index (χ2v) is 3.96. The summed E-state index contributed by atoms with van der Waals surface area (Å²) in [6, 6.07) is 5.98. The average molecular weight is 233 g/mol. The van der Waals surface area contributed by atoms with Gasteiger partial charge in [-0.2, -0.15) is 0 Å². The summed E-state index contributed by atoms with van der Waals surface area (Å²) in [4.78, 5) is 0. The predicted molar refractivity (Wildman–Crippen MR) is 69.6 cm³/mol. The van der Waals surface area contributed by atoms with Gasteiger partial charge in [0.25, 0.3) is 0 Å². The molecule has 2 rings (SSSR count). The monoisotopic (exact) mass is 233 g/mol. The molecule has 1 aromatic heterocycles. The van der Waals surface area contributed by atoms with Crippen LogP contribution in [0.1, 0.15) is 19.4 Å². The summed E-state index contributed by atoms with van der Waals surface area (Å²) in [5.41, 5.74) is 2.17. The first kappa shape index (κ1) is 12.0. The van der Waals surface area contributed by atoms with Crippen LogP contribution in [0.2, 0.25) is 0 Å². The molecule has 1 N–H and O–H groups in total. The molecule has 0 bridgehead atoms. The van der Waals surface area contributed by atoms with Crippen LogP contribution in [0.5, 0.6) is 5.75 Å². The van der Waals surface area contributed by atoms with E-state index in [2.05, 4.69) is 18.3 Å². The van der Waals surface area contributed by atoms with Gasteiger partial charge in [0.05, 0.1) is 12.9 Å². The Bertz CT molecular complexity index is 476. The van der Waals surface area contributed by atoms with Crippen molar-refractivity contribution in [1.82, 2.24) is 5.32 Å². The van der Waals surface area contributed by atoms with E-state index in [0.717, 1.165) is 36.2 Å². The van der Waals surface area contributed by atoms with Crippen LogP contribution >= 0.6 is 0 Å². The number of hydrogen-bond acceptors (Lipinski definition) is 3. The summed E-state index contributed by atoms with van der Waals surface area (Å²) in [5.74, 6) is 0.908. The molecular formula is C14H19NO2. The van der Waals surface area contributed by atoms with Gasteiger partial charge in [-0.25, -0.2) is 0 Å². The minimum absolute atomic E-state index is 0.691. The summed E-state index contributed by atoms with van der Waals surface area (Å²) in [6.45, 7) is 6.77. The van der Waals surface area contributed by atoms with Crippen LogP contribution in [0, 0.1) is 0 Å². The topological polar surface area (TPSA) is 34.4 Å². The molecule has 3 heteroatoms. The van der Waals surface area contributed by atoms with Gasteiger partial charge in [-0.15, -0.1) is 0 Å². The molecule has 1 aromatic carbocycles. The molecule has 0 fully saturated rings. The number of nitrogens with one attached hydrogen (secondary N) is 1. The minimum atomic E-state index is 0.691. The van der Waals surface area contributed by atoms with E-state index in [9.17, 15) is 0 Å². The van der Waals surface area contributed by atoms with Crippen LogP contribution in [-0.4, -0.2) is 19.7 Å². The fourth-order valence-corrected chi connectivity index (χ4v) is 1.91. The number of hydrogen-bond donors (Lipinski definition) is 1. The molecule has 0 aliphatic rings. The maximum Gasteiger partial charge on any atom is 0.134 e. The van der Waals surface area contributed by atoms with E-state index < -0.39 is 0 Å². The van der Waals surface area contributed by atoms with E-state index in [1.807, 2.05) is 25.3 Å². The van der Waals surface area contributed by atoms with Crippen molar-refractivity contribution in [2.24, 2.45) is 0 Å². The van der Waals surface area contributed by atoms with Crippen LogP contribution in [0.3, 0.4) is 0 Å². The Kier molecular flexibility index (Phi) is 4.04. The molecule has 0 unspecified atom stereocenters. The smallest absolute Gasteiger partial charge is 0.134 e. The summed E-state index contributed by atoms with van der Waals surface area (Å²) in [7, 11) is 0. The SMILES string of the molecule is CCNCCc1coc2ccc(OCC)cc12. The molecule has 0 spiro atoms. The van der Waals surface area contributed by atoms with Gasteiger partial charge >= 0.3 is 0 Å². The van der Waals surface area contributed by atoms with Crippen molar-refractivity contribution in [3.8, 4) is 5.75 Å². The Hall–Kier alpha value is -1.48. The second-order valence-electron chi connectivity index (χ2n) is 3.96. The molecule has 0 saturated heterocycles. The molecule has 0 saturated carbocycles. The quantitative estimate of drug-likeness (QED) is 0.779. The van der Waals surface area contributed by atoms with Crippen LogP contribution < -0.4 is 10.1 Å². The molecule has 0 radical (unpaired) electrons. The number of ether oxygens (including phenoxy) is 1. The highest BCUT2D eigenvalue weighted by Crippen LogP contribution is 2.26. The van der Waals surface area contributed by atoms with Gasteiger partial charge in [0.15, 0.2) is 0 Å². The Morgan fingerprint density at radius 1 is 1.29 bits per heavy atom. The standard InChI is InChI=1S/C14H19NO2/c1-3-15-8-7-11-10-17-14-6-5-12(16-4-2)9-13(11)14/h5-6,9-10,15H,3-4,7-8H2,1-2H3. The number of rotatable bonds is 6. The average Bonchev–Trinajstić information content (AvgIpc) is 2.73. The predicted octanol–water partition coefficient (Wildman–Crippen LogP) is 2.98. The van der Waals surface area contributed by atoms with Gasteiger partial charge < -0.3 is 14.5 Å². The van der Waals surface area contributed by atoms with Crippen LogP contribution in [-0.2, 0) is 6.42 Å². The fraction of sp³-hybridized carbons (Fsp3) is 0.429. The first-order valence-electron chi connectivity index (χ1n) is 6.18. The molecule has 2 aromatic rings. The van der Waals surface area contributed by atoms with Crippen molar-refractivity contribution in [3.63, 3.8) is 0 Å². The molecular weight excluding hydrogens is 214 g/mol. The number of furan rings is 1. The highest BCUT2D eigenvalue weighted by atomic mass is 16.5. The lowest BCUT2D eigenvalue weighted by molar-refractivity contribution is 0.340. The zero-order chi connectivity index (χ0) is 12.1. The molecule has 92 valence electrons. The summed E-state index contributed by atoms with van der Waals surface area (Å²) in [5, 5.41) is 4.48. The molecule has 0 amide bonds. The van der Waals surface area contributed by atoms with Gasteiger partial charge in [0.1, 0.15) is 11.3 Å². The lowest BCUT2D eigenvalue weighted by Gasteiger charge is -2.03. The number of benzene rings is 1. The zero-order valence-corrected chi connectivity index (χ0v) is 10.5. The highest BCUT2D eigenvalue weighted by molar-refractivity contribution is 5.82. The Morgan fingerprint density at radius 3 is 2.94 bits per heavy atom. The zero-order valence-electron chi connectivity index (χ0n) is 10.5. The van der Waals surface area contributed by atoms with E-state index >= 15 is 0 Å². The van der Waals surface area contributed by atoms with Crippen molar-refractivity contribution in [2.45, 2.75) is 20.3 Å². The van der Waals surface area contributed by atoms with Crippen molar-refractivity contribution in [1.29, 1.82) is 0 Å². The molecule has 3 nitrogen and oxygen atoms in total. The second kappa shape index (κ2) is 5.73. The van der Waals surface area contributed by atoms with E-state index in [1.54, 1.807) is 0 Å². The minimum Gasteiger partial charge on any atom is -0.494 e. The van der Waals surface area contributed by atoms with Crippen LogP contribution in [0.15, 0.2) is 28.9 Å². The van der Waals surface area contributed by atoms with Gasteiger partial charge in [-0.05, 0) is 50.2 Å². The molecule has 0 aliphatic carbocycles. The van der Waals surface area contributed by atoms with Crippen LogP contribution in [0.25, 0.3) is 11.0 Å². The lowest BCUT2D eigenvalue weighted by Crippen LogP contribution is -2.15. The first-order chi connectivity index (χ1) is 8.35. The summed E-state index contributed by atoms with van der Waals surface area (Å²) in [6.07, 6.45) is 2.83. The molecule has 17 heavy (non-hydrogen) atoms. The van der Waals surface area contributed by atoms with E-state index in [1.165, 1.54) is 5.56 Å². The van der Waals surface area contributed by atoms with Gasteiger partial charge in [-0.3, -0.25) is 0 Å². The third-order valence-electron chi connectivity index (χ3n) is 2.76. The van der Waals surface area contributed by atoms with E-state index in [4.69, 9.17) is 9.15 Å². The lowest BCUT2D eigenvalue weighted by atomic mass is 10.1. The van der Waals surface area contributed by atoms with Crippen molar-refractivity contribution >= 4 is 11.0 Å². The third-order valence-corrected chi connectivity index (χ3v) is 2.76. The van der Waals surface area contributed by atoms with Gasteiger partial charge in [0.2, 0.25) is 0 Å². The summed E-state index contributed by atoms with van der Waals surface area (Å²) >= 11 is 0. The van der Waals surface area contributed by atoms with E-state index in [-0.39, 0.29) is 0 Å². The normalized spacial score (nSPS) is 10.9. The highest BCUT2D eigenvalue weighted by Gasteiger charge is 2.06. The number of likely N-dealkylation sites (N-methyl/N-ethyl adjacent to an activating group) is 1.